The fourth-order valence-electron chi connectivity index (χ4n) is 10.7. The molecule has 5 rings (SSSR count). The van der Waals surface area contributed by atoms with Crippen LogP contribution in [0.1, 0.15) is 221 Å². The van der Waals surface area contributed by atoms with E-state index in [0.29, 0.717) is 45.2 Å². The van der Waals surface area contributed by atoms with E-state index in [-0.39, 0.29) is 26.4 Å². The maximum absolute atomic E-state index is 13.3. The van der Waals surface area contributed by atoms with Crippen LogP contribution in [0.5, 0.6) is 0 Å². The largest absolute Gasteiger partial charge is 0.459 e. The van der Waals surface area contributed by atoms with Gasteiger partial charge in [0.05, 0.1) is 57.2 Å². The number of aliphatic hydroxyl groups excluding tert-OH is 1. The van der Waals surface area contributed by atoms with E-state index in [1.54, 1.807) is 24.3 Å². The second kappa shape index (κ2) is 44.5. The Morgan fingerprint density at radius 2 is 0.778 bits per heavy atom. The average molecular weight is 1120 g/mol. The summed E-state index contributed by atoms with van der Waals surface area (Å²) in [7, 11) is 0. The Labute approximate surface area is 491 Å². The minimum atomic E-state index is -1.24. The van der Waals surface area contributed by atoms with E-state index in [2.05, 4.69) is 26.0 Å². The molecule has 1 aliphatic rings. The predicted octanol–water partition coefficient (Wildman–Crippen LogP) is 17.3. The van der Waals surface area contributed by atoms with Crippen molar-refractivity contribution in [2.45, 2.75) is 244 Å². The summed E-state index contributed by atoms with van der Waals surface area (Å²) in [4.78, 5) is 13.3. The van der Waals surface area contributed by atoms with Gasteiger partial charge in [-0.2, -0.15) is 0 Å². The first-order valence-electron chi connectivity index (χ1n) is 32.3. The molecule has 1 N–H and O–H groups in total. The maximum atomic E-state index is 13.3. The average Bonchev–Trinajstić information content (AvgIpc) is 3.55. The summed E-state index contributed by atoms with van der Waals surface area (Å²) < 4.78 is 53.0. The number of esters is 1. The van der Waals surface area contributed by atoms with E-state index in [1.165, 1.54) is 154 Å². The zero-order valence-corrected chi connectivity index (χ0v) is 50.4. The van der Waals surface area contributed by atoms with E-state index < -0.39 is 42.1 Å². The number of carbonyl (C=O) groups is 1. The van der Waals surface area contributed by atoms with Crippen molar-refractivity contribution >= 4 is 5.97 Å². The Bertz CT molecular complexity index is 2020. The molecular weight excluding hydrogens is 1010 g/mol. The highest BCUT2D eigenvalue weighted by Crippen LogP contribution is 2.32. The molecule has 0 amide bonds. The fraction of sp³-hybridized carbons (Fsp3) is 0.648. The number of benzene rings is 4. The molecule has 0 radical (unpaired) electrons. The molecule has 0 aliphatic carbocycles. The van der Waals surface area contributed by atoms with Gasteiger partial charge in [-0.15, -0.1) is 0 Å². The molecule has 0 bridgehead atoms. The van der Waals surface area contributed by atoms with E-state index in [4.69, 9.17) is 37.9 Å². The van der Waals surface area contributed by atoms with Crippen molar-refractivity contribution in [3.05, 3.63) is 144 Å². The molecule has 0 unspecified atom stereocenters. The van der Waals surface area contributed by atoms with Crippen LogP contribution in [-0.2, 0) is 57.7 Å². The van der Waals surface area contributed by atoms with Crippen molar-refractivity contribution in [2.24, 2.45) is 5.41 Å². The summed E-state index contributed by atoms with van der Waals surface area (Å²) in [6.07, 6.45) is 31.2. The van der Waals surface area contributed by atoms with Crippen molar-refractivity contribution in [1.29, 1.82) is 0 Å². The summed E-state index contributed by atoms with van der Waals surface area (Å²) in [5.74, 6) is -0.519. The second-order valence-electron chi connectivity index (χ2n) is 23.1. The third-order valence-corrected chi connectivity index (χ3v) is 15.8. The maximum Gasteiger partial charge on any atom is 0.338 e. The Balaban J connectivity index is 1.28. The summed E-state index contributed by atoms with van der Waals surface area (Å²) >= 11 is 0. The Hall–Kier alpha value is -3.97. The van der Waals surface area contributed by atoms with E-state index >= 15 is 0 Å². The first-order chi connectivity index (χ1) is 40.0. The highest BCUT2D eigenvalue weighted by Gasteiger charge is 2.49. The van der Waals surface area contributed by atoms with Gasteiger partial charge in [-0.3, -0.25) is 0 Å². The van der Waals surface area contributed by atoms with Crippen LogP contribution in [-0.4, -0.2) is 88.0 Å². The molecule has 452 valence electrons. The predicted molar refractivity (Wildman–Crippen MR) is 328 cm³/mol. The molecular formula is C71H108O10. The Morgan fingerprint density at radius 1 is 0.420 bits per heavy atom. The molecule has 1 saturated heterocycles. The molecule has 0 aromatic heterocycles. The number of rotatable bonds is 50. The van der Waals surface area contributed by atoms with Gasteiger partial charge >= 0.3 is 5.97 Å². The summed E-state index contributed by atoms with van der Waals surface area (Å²) in [5, 5.41) is 12.2. The van der Waals surface area contributed by atoms with Gasteiger partial charge in [-0.05, 0) is 41.7 Å². The van der Waals surface area contributed by atoms with Crippen LogP contribution in [0.25, 0.3) is 0 Å². The summed E-state index contributed by atoms with van der Waals surface area (Å²) in [5.41, 5.74) is 2.61. The van der Waals surface area contributed by atoms with Crippen LogP contribution >= 0.6 is 0 Å². The zero-order chi connectivity index (χ0) is 56.9. The molecule has 0 spiro atoms. The molecule has 5 atom stereocenters. The number of hydrogen-bond donors (Lipinski definition) is 1. The van der Waals surface area contributed by atoms with Crippen LogP contribution in [0.15, 0.2) is 121 Å². The molecule has 10 heteroatoms. The third-order valence-electron chi connectivity index (χ3n) is 15.8. The van der Waals surface area contributed by atoms with E-state index in [1.807, 2.05) is 84.9 Å². The molecule has 81 heavy (non-hydrogen) atoms. The molecule has 1 aliphatic heterocycles. The molecule has 1 heterocycles. The summed E-state index contributed by atoms with van der Waals surface area (Å²) in [6, 6.07) is 38.8. The van der Waals surface area contributed by atoms with Crippen LogP contribution in [0, 0.1) is 5.41 Å². The van der Waals surface area contributed by atoms with Gasteiger partial charge in [-0.25, -0.2) is 4.79 Å². The molecule has 4 aromatic carbocycles. The van der Waals surface area contributed by atoms with Crippen molar-refractivity contribution in [3.63, 3.8) is 0 Å². The first-order valence-corrected chi connectivity index (χ1v) is 32.3. The van der Waals surface area contributed by atoms with Crippen LogP contribution in [0.3, 0.4) is 0 Å². The van der Waals surface area contributed by atoms with E-state index in [9.17, 15) is 9.90 Å². The summed E-state index contributed by atoms with van der Waals surface area (Å²) in [6.45, 7) is 7.53. The normalized spacial score (nSPS) is 17.4. The number of carbonyl (C=O) groups excluding carboxylic acids is 1. The quantitative estimate of drug-likeness (QED) is 0.0339. The SMILES string of the molecule is CCCCCCCCCCCCCCCCOCC(COCCCCCCCCCCCCCCCC)(COCc1ccccc1)CO[C@@H]1O[C@H](COC(=O)c2ccccc2)[C@@H](O)[C@H](OCc2ccccc2)[C@@H]1OCc1ccccc1. The number of aliphatic hydroxyl groups is 1. The topological polar surface area (TPSA) is 111 Å². The smallest absolute Gasteiger partial charge is 0.338 e. The fourth-order valence-corrected chi connectivity index (χ4v) is 10.7. The lowest BCUT2D eigenvalue weighted by atomic mass is 9.91. The molecule has 10 nitrogen and oxygen atoms in total. The molecule has 0 saturated carbocycles. The lowest BCUT2D eigenvalue weighted by Gasteiger charge is -2.45. The van der Waals surface area contributed by atoms with Gasteiger partial charge < -0.3 is 43.0 Å². The van der Waals surface area contributed by atoms with Gasteiger partial charge in [0, 0.05) is 13.2 Å². The van der Waals surface area contributed by atoms with Crippen molar-refractivity contribution < 1.29 is 47.8 Å². The van der Waals surface area contributed by atoms with Gasteiger partial charge in [-0.1, -0.05) is 290 Å². The minimum Gasteiger partial charge on any atom is -0.459 e. The number of hydrogen-bond acceptors (Lipinski definition) is 10. The molecule has 1 fully saturated rings. The second-order valence-corrected chi connectivity index (χ2v) is 23.1. The van der Waals surface area contributed by atoms with Gasteiger partial charge in [0.25, 0.3) is 0 Å². The standard InChI is InChI=1S/C71H108O10/c1-3-5-7-9-11-13-15-17-19-21-23-25-27-41-51-74-57-71(59-76-53-61-43-33-29-34-44-61,58-75-52-42-28-26-24-22-20-18-16-14-12-10-8-6-4-2)60-80-70-68(78-55-63-47-37-31-38-48-63)67(77-54-62-45-35-30-36-46-62)66(72)65(81-70)56-79-69(73)64-49-39-32-40-50-64/h29-40,43-50,65-68,70,72H,3-28,41-42,51-60H2,1-2H3/t65-,66-,67+,68+,70-/m1/s1. The zero-order valence-electron chi connectivity index (χ0n) is 50.4. The van der Waals surface area contributed by atoms with Crippen LogP contribution in [0.2, 0.25) is 0 Å². The minimum absolute atomic E-state index is 0.132. The lowest BCUT2D eigenvalue weighted by Crippen LogP contribution is -2.61. The van der Waals surface area contributed by atoms with Gasteiger partial charge in [0.2, 0.25) is 0 Å². The lowest BCUT2D eigenvalue weighted by molar-refractivity contribution is -0.326. The van der Waals surface area contributed by atoms with Gasteiger partial charge in [0.1, 0.15) is 31.0 Å². The van der Waals surface area contributed by atoms with Crippen LogP contribution in [0.4, 0.5) is 0 Å². The number of ether oxygens (including phenoxy) is 8. The Kier molecular flexibility index (Phi) is 37.3. The van der Waals surface area contributed by atoms with E-state index in [0.717, 1.165) is 42.4 Å². The van der Waals surface area contributed by atoms with Gasteiger partial charge in [0.15, 0.2) is 6.29 Å². The highest BCUT2D eigenvalue weighted by molar-refractivity contribution is 5.89. The third kappa shape index (κ3) is 29.9. The van der Waals surface area contributed by atoms with Crippen molar-refractivity contribution in [1.82, 2.24) is 0 Å². The number of unbranched alkanes of at least 4 members (excludes halogenated alkanes) is 26. The highest BCUT2D eigenvalue weighted by atomic mass is 16.7. The monoisotopic (exact) mass is 1120 g/mol. The Morgan fingerprint density at radius 3 is 1.20 bits per heavy atom. The van der Waals surface area contributed by atoms with Crippen molar-refractivity contribution in [2.75, 3.05) is 46.2 Å². The van der Waals surface area contributed by atoms with Crippen LogP contribution < -0.4 is 0 Å². The first kappa shape index (κ1) is 67.8. The van der Waals surface area contributed by atoms with Crippen molar-refractivity contribution in [3.8, 4) is 0 Å². The molecule has 4 aromatic rings.